The van der Waals surface area contributed by atoms with Crippen molar-refractivity contribution in [2.24, 2.45) is 0 Å². The summed E-state index contributed by atoms with van der Waals surface area (Å²) < 4.78 is 0. The Morgan fingerprint density at radius 2 is 1.52 bits per heavy atom. The summed E-state index contributed by atoms with van der Waals surface area (Å²) >= 11 is 0. The van der Waals surface area contributed by atoms with Crippen LogP contribution in [-0.4, -0.2) is 5.78 Å². The number of carbonyl (C=O) groups excluding carboxylic acids is 1. The van der Waals surface area contributed by atoms with Crippen molar-refractivity contribution in [3.63, 3.8) is 0 Å². The van der Waals surface area contributed by atoms with E-state index in [4.69, 9.17) is 0 Å². The zero-order valence-corrected chi connectivity index (χ0v) is 20.1. The van der Waals surface area contributed by atoms with Crippen LogP contribution in [0.15, 0.2) is 66.7 Å². The average molecular weight is 413 g/mol. The zero-order valence-electron chi connectivity index (χ0n) is 20.1. The van der Waals surface area contributed by atoms with Crippen molar-refractivity contribution >= 4 is 17.4 Å². The van der Waals surface area contributed by atoms with Gasteiger partial charge in [0.25, 0.3) is 0 Å². The van der Waals surface area contributed by atoms with E-state index in [1.807, 2.05) is 39.0 Å². The second kappa shape index (κ2) is 11.5. The Morgan fingerprint density at radius 3 is 2.13 bits per heavy atom. The fourth-order valence-corrected chi connectivity index (χ4v) is 3.79. The van der Waals surface area contributed by atoms with Crippen molar-refractivity contribution < 1.29 is 4.79 Å². The van der Waals surface area contributed by atoms with E-state index in [-0.39, 0.29) is 5.78 Å². The molecule has 1 atom stereocenters. The van der Waals surface area contributed by atoms with Crippen molar-refractivity contribution in [2.75, 3.05) is 0 Å². The summed E-state index contributed by atoms with van der Waals surface area (Å²) in [5, 5.41) is 0. The van der Waals surface area contributed by atoms with Gasteiger partial charge in [-0.2, -0.15) is 0 Å². The van der Waals surface area contributed by atoms with E-state index < -0.39 is 0 Å². The minimum atomic E-state index is 0.177. The Hall–Kier alpha value is -2.93. The summed E-state index contributed by atoms with van der Waals surface area (Å²) in [6.45, 7) is 14.5. The first-order chi connectivity index (χ1) is 14.9. The first kappa shape index (κ1) is 24.3. The highest BCUT2D eigenvalue weighted by atomic mass is 16.1. The molecule has 0 bridgehead atoms. The van der Waals surface area contributed by atoms with Crippen LogP contribution in [0.25, 0.3) is 11.6 Å². The molecule has 0 radical (unpaired) electrons. The van der Waals surface area contributed by atoms with Gasteiger partial charge in [-0.25, -0.2) is 0 Å². The van der Waals surface area contributed by atoms with Crippen LogP contribution in [0.4, 0.5) is 0 Å². The molecule has 0 aromatic heterocycles. The number of allylic oxidation sites excluding steroid dienone is 1. The average Bonchev–Trinajstić information content (AvgIpc) is 2.79. The third-order valence-corrected chi connectivity index (χ3v) is 5.69. The standard InChI is InChI=1S/C28H30O.C2H6/c1-6-28(29)27(26-13-8-7-11-20(26)3)18-23-14-15-25(17-21(23)4)22(5)24-12-9-10-19(2)16-24;1-2/h7-18,22H,6H2,1-5H3;1-2H3/b27-18-;. The highest BCUT2D eigenvalue weighted by molar-refractivity contribution is 6.25. The molecular formula is C30H36O. The quantitative estimate of drug-likeness (QED) is 0.294. The molecule has 3 aromatic carbocycles. The maximum atomic E-state index is 12.7. The van der Waals surface area contributed by atoms with Gasteiger partial charge >= 0.3 is 0 Å². The molecule has 3 rings (SSSR count). The zero-order chi connectivity index (χ0) is 23.0. The Balaban J connectivity index is 0.00000166. The highest BCUT2D eigenvalue weighted by Gasteiger charge is 2.14. The fraction of sp³-hybridized carbons (Fsp3) is 0.300. The third-order valence-electron chi connectivity index (χ3n) is 5.69. The first-order valence-electron chi connectivity index (χ1n) is 11.4. The second-order valence-corrected chi connectivity index (χ2v) is 7.90. The lowest BCUT2D eigenvalue weighted by Crippen LogP contribution is -2.02. The van der Waals surface area contributed by atoms with Gasteiger partial charge in [0.2, 0.25) is 0 Å². The molecule has 0 fully saturated rings. The Kier molecular flexibility index (Phi) is 9.00. The van der Waals surface area contributed by atoms with Gasteiger partial charge in [0.1, 0.15) is 0 Å². The summed E-state index contributed by atoms with van der Waals surface area (Å²) in [5.74, 6) is 0.510. The van der Waals surface area contributed by atoms with Gasteiger partial charge in [0.05, 0.1) is 0 Å². The molecular weight excluding hydrogens is 376 g/mol. The Labute approximate surface area is 188 Å². The molecule has 0 N–H and O–H groups in total. The number of rotatable bonds is 6. The normalized spacial score (nSPS) is 12.0. The van der Waals surface area contributed by atoms with Crippen LogP contribution in [0, 0.1) is 20.8 Å². The molecule has 162 valence electrons. The van der Waals surface area contributed by atoms with Crippen LogP contribution in [0.3, 0.4) is 0 Å². The summed E-state index contributed by atoms with van der Waals surface area (Å²) in [4.78, 5) is 12.7. The SMILES string of the molecule is CC.CCC(=O)/C(=C\c1ccc(C(C)c2cccc(C)c2)cc1C)c1ccccc1C. The van der Waals surface area contributed by atoms with Crippen LogP contribution < -0.4 is 0 Å². The van der Waals surface area contributed by atoms with Gasteiger partial charge in [-0.1, -0.05) is 100.0 Å². The van der Waals surface area contributed by atoms with Crippen molar-refractivity contribution in [3.05, 3.63) is 106 Å². The number of hydrogen-bond donors (Lipinski definition) is 0. The monoisotopic (exact) mass is 412 g/mol. The fourth-order valence-electron chi connectivity index (χ4n) is 3.79. The van der Waals surface area contributed by atoms with Gasteiger partial charge in [0.15, 0.2) is 5.78 Å². The predicted octanol–water partition coefficient (Wildman–Crippen LogP) is 8.31. The summed E-state index contributed by atoms with van der Waals surface area (Å²) in [6.07, 6.45) is 2.56. The molecule has 31 heavy (non-hydrogen) atoms. The van der Waals surface area contributed by atoms with E-state index in [1.165, 1.54) is 22.3 Å². The van der Waals surface area contributed by atoms with Gasteiger partial charge in [-0.05, 0) is 60.2 Å². The van der Waals surface area contributed by atoms with E-state index in [2.05, 4.69) is 82.3 Å². The molecule has 0 saturated carbocycles. The van der Waals surface area contributed by atoms with Crippen molar-refractivity contribution in [3.8, 4) is 0 Å². The molecule has 0 aliphatic carbocycles. The highest BCUT2D eigenvalue weighted by Crippen LogP contribution is 2.29. The number of aryl methyl sites for hydroxylation is 3. The molecule has 0 spiro atoms. The van der Waals surface area contributed by atoms with Crippen molar-refractivity contribution in [2.45, 2.75) is 60.8 Å². The van der Waals surface area contributed by atoms with Crippen LogP contribution in [0.1, 0.15) is 79.0 Å². The third kappa shape index (κ3) is 6.04. The molecule has 1 unspecified atom stereocenters. The topological polar surface area (TPSA) is 17.1 Å². The Morgan fingerprint density at radius 1 is 0.839 bits per heavy atom. The lowest BCUT2D eigenvalue weighted by atomic mass is 9.89. The van der Waals surface area contributed by atoms with Gasteiger partial charge < -0.3 is 0 Å². The maximum Gasteiger partial charge on any atom is 0.163 e. The summed E-state index contributed by atoms with van der Waals surface area (Å²) in [7, 11) is 0. The van der Waals surface area contributed by atoms with Crippen molar-refractivity contribution in [1.82, 2.24) is 0 Å². The lowest BCUT2D eigenvalue weighted by Gasteiger charge is -2.16. The van der Waals surface area contributed by atoms with E-state index in [0.717, 1.165) is 22.3 Å². The molecule has 0 aliphatic rings. The van der Waals surface area contributed by atoms with E-state index >= 15 is 0 Å². The number of carbonyl (C=O) groups is 1. The number of ketones is 1. The smallest absolute Gasteiger partial charge is 0.163 e. The number of Topliss-reactive ketones (excluding diaryl/α,β-unsaturated/α-hetero) is 1. The number of benzene rings is 3. The van der Waals surface area contributed by atoms with E-state index in [1.54, 1.807) is 0 Å². The molecule has 0 heterocycles. The summed E-state index contributed by atoms with van der Waals surface area (Å²) in [5.41, 5.74) is 9.15. The minimum absolute atomic E-state index is 0.177. The van der Waals surface area contributed by atoms with Gasteiger partial charge in [-0.3, -0.25) is 4.79 Å². The van der Waals surface area contributed by atoms with Crippen LogP contribution in [0.5, 0.6) is 0 Å². The molecule has 0 saturated heterocycles. The number of hydrogen-bond acceptors (Lipinski definition) is 1. The van der Waals surface area contributed by atoms with Crippen LogP contribution in [-0.2, 0) is 4.79 Å². The van der Waals surface area contributed by atoms with Gasteiger partial charge in [0, 0.05) is 17.9 Å². The maximum absolute atomic E-state index is 12.7. The van der Waals surface area contributed by atoms with Crippen LogP contribution >= 0.6 is 0 Å². The van der Waals surface area contributed by atoms with E-state index in [0.29, 0.717) is 12.3 Å². The minimum Gasteiger partial charge on any atom is -0.294 e. The van der Waals surface area contributed by atoms with E-state index in [9.17, 15) is 4.79 Å². The molecule has 0 aliphatic heterocycles. The largest absolute Gasteiger partial charge is 0.294 e. The molecule has 0 amide bonds. The second-order valence-electron chi connectivity index (χ2n) is 7.90. The molecule has 1 heteroatoms. The predicted molar refractivity (Wildman–Crippen MR) is 136 cm³/mol. The van der Waals surface area contributed by atoms with Gasteiger partial charge in [-0.15, -0.1) is 0 Å². The molecule has 1 nitrogen and oxygen atoms in total. The molecule has 3 aromatic rings. The first-order valence-corrected chi connectivity index (χ1v) is 11.4. The Bertz CT molecular complexity index is 1060. The van der Waals surface area contributed by atoms with Crippen LogP contribution in [0.2, 0.25) is 0 Å². The summed E-state index contributed by atoms with van der Waals surface area (Å²) in [6, 6.07) is 23.4. The lowest BCUT2D eigenvalue weighted by molar-refractivity contribution is -0.113. The van der Waals surface area contributed by atoms with Crippen molar-refractivity contribution in [1.29, 1.82) is 0 Å².